The predicted molar refractivity (Wildman–Crippen MR) is 65.4 cm³/mol. The third-order valence-electron chi connectivity index (χ3n) is 2.27. The molecule has 0 saturated carbocycles. The highest BCUT2D eigenvalue weighted by Crippen LogP contribution is 2.07. The zero-order valence-corrected chi connectivity index (χ0v) is 10.2. The average molecular weight is 236 g/mol. The highest BCUT2D eigenvalue weighted by Gasteiger charge is 1.97. The molecule has 2 aromatic heterocycles. The number of rotatable bonds is 6. The third kappa shape index (κ3) is 3.43. The van der Waals surface area contributed by atoms with E-state index >= 15 is 0 Å². The van der Waals surface area contributed by atoms with Crippen molar-refractivity contribution in [1.29, 1.82) is 0 Å². The largest absolute Gasteiger partial charge is 0.337 e. The number of hydrogen-bond donors (Lipinski definition) is 1. The Labute approximate surface area is 99.4 Å². The van der Waals surface area contributed by atoms with E-state index in [0.717, 1.165) is 31.7 Å². The Balaban J connectivity index is 1.59. The van der Waals surface area contributed by atoms with Gasteiger partial charge >= 0.3 is 0 Å². The molecular weight excluding hydrogens is 220 g/mol. The quantitative estimate of drug-likeness (QED) is 0.778. The second-order valence-electron chi connectivity index (χ2n) is 3.71. The van der Waals surface area contributed by atoms with Crippen molar-refractivity contribution in [1.82, 2.24) is 19.9 Å². The molecule has 0 aliphatic rings. The maximum absolute atomic E-state index is 4.40. The van der Waals surface area contributed by atoms with Crippen LogP contribution in [0.5, 0.6) is 0 Å². The van der Waals surface area contributed by atoms with Crippen LogP contribution in [-0.4, -0.2) is 21.1 Å². The van der Waals surface area contributed by atoms with Crippen molar-refractivity contribution in [2.45, 2.75) is 26.4 Å². The molecule has 0 spiro atoms. The maximum atomic E-state index is 4.40. The Morgan fingerprint density at radius 2 is 2.44 bits per heavy atom. The summed E-state index contributed by atoms with van der Waals surface area (Å²) in [5.41, 5.74) is 1.11. The first kappa shape index (κ1) is 11.3. The van der Waals surface area contributed by atoms with Gasteiger partial charge in [-0.2, -0.15) is 0 Å². The molecule has 0 amide bonds. The fraction of sp³-hybridized carbons (Fsp3) is 0.455. The number of imidazole rings is 1. The third-order valence-corrected chi connectivity index (χ3v) is 3.24. The van der Waals surface area contributed by atoms with Crippen LogP contribution >= 0.6 is 11.3 Å². The molecule has 86 valence electrons. The van der Waals surface area contributed by atoms with Crippen LogP contribution in [0.2, 0.25) is 0 Å². The van der Waals surface area contributed by atoms with Crippen molar-refractivity contribution < 1.29 is 0 Å². The van der Waals surface area contributed by atoms with Crippen molar-refractivity contribution in [3.8, 4) is 0 Å². The van der Waals surface area contributed by atoms with Gasteiger partial charge in [-0.15, -0.1) is 11.3 Å². The van der Waals surface area contributed by atoms with Gasteiger partial charge in [0.2, 0.25) is 0 Å². The van der Waals surface area contributed by atoms with Crippen LogP contribution in [0.4, 0.5) is 0 Å². The van der Waals surface area contributed by atoms with Crippen LogP contribution in [0.3, 0.4) is 0 Å². The molecule has 4 nitrogen and oxygen atoms in total. The molecule has 0 unspecified atom stereocenters. The summed E-state index contributed by atoms with van der Waals surface area (Å²) >= 11 is 1.72. The summed E-state index contributed by atoms with van der Waals surface area (Å²) in [5.74, 6) is 0. The number of nitrogens with zero attached hydrogens (tertiary/aromatic N) is 3. The smallest absolute Gasteiger partial charge is 0.107 e. The molecule has 0 fully saturated rings. The lowest BCUT2D eigenvalue weighted by Crippen LogP contribution is -2.16. The second kappa shape index (κ2) is 5.77. The molecule has 5 heteroatoms. The van der Waals surface area contributed by atoms with Crippen molar-refractivity contribution in [3.05, 3.63) is 34.8 Å². The molecule has 0 radical (unpaired) electrons. The summed E-state index contributed by atoms with van der Waals surface area (Å²) in [6.07, 6.45) is 6.76. The van der Waals surface area contributed by atoms with E-state index in [1.54, 1.807) is 11.3 Å². The lowest BCUT2D eigenvalue weighted by molar-refractivity contribution is 0.580. The average Bonchev–Trinajstić information content (AvgIpc) is 2.89. The summed E-state index contributed by atoms with van der Waals surface area (Å²) in [7, 11) is 0. The molecule has 1 N–H and O–H groups in total. The molecule has 2 aromatic rings. The van der Waals surface area contributed by atoms with Gasteiger partial charge in [0.1, 0.15) is 5.01 Å². The van der Waals surface area contributed by atoms with Crippen LogP contribution in [0.25, 0.3) is 0 Å². The van der Waals surface area contributed by atoms with Gasteiger partial charge in [0.15, 0.2) is 0 Å². The van der Waals surface area contributed by atoms with Crippen molar-refractivity contribution >= 4 is 11.3 Å². The number of hydrogen-bond acceptors (Lipinski definition) is 4. The predicted octanol–water partition coefficient (Wildman–Crippen LogP) is 1.83. The Morgan fingerprint density at radius 1 is 1.50 bits per heavy atom. The minimum Gasteiger partial charge on any atom is -0.337 e. The number of thiazole rings is 1. The normalized spacial score (nSPS) is 10.8. The van der Waals surface area contributed by atoms with E-state index in [4.69, 9.17) is 0 Å². The van der Waals surface area contributed by atoms with E-state index in [1.165, 1.54) is 5.01 Å². The Kier molecular flexibility index (Phi) is 4.07. The van der Waals surface area contributed by atoms with E-state index in [0.29, 0.717) is 0 Å². The molecule has 0 saturated heterocycles. The summed E-state index contributed by atoms with van der Waals surface area (Å²) in [6, 6.07) is 0. The van der Waals surface area contributed by atoms with Gasteiger partial charge in [-0.05, 0) is 19.9 Å². The minimum atomic E-state index is 0.877. The molecule has 16 heavy (non-hydrogen) atoms. The molecular formula is C11H16N4S. The Bertz CT molecular complexity index is 407. The first-order valence-corrected chi connectivity index (χ1v) is 6.30. The van der Waals surface area contributed by atoms with E-state index in [-0.39, 0.29) is 0 Å². The highest BCUT2D eigenvalue weighted by molar-refractivity contribution is 7.09. The molecule has 0 bridgehead atoms. The molecule has 0 aromatic carbocycles. The van der Waals surface area contributed by atoms with E-state index < -0.39 is 0 Å². The summed E-state index contributed by atoms with van der Waals surface area (Å²) in [6.45, 7) is 4.93. The van der Waals surface area contributed by atoms with Crippen molar-refractivity contribution in [3.63, 3.8) is 0 Å². The number of nitrogens with one attached hydrogen (secondary N) is 1. The zero-order valence-electron chi connectivity index (χ0n) is 9.39. The Hall–Kier alpha value is -1.20. The van der Waals surface area contributed by atoms with Crippen LogP contribution in [0.15, 0.2) is 24.1 Å². The van der Waals surface area contributed by atoms with Crippen LogP contribution in [0.1, 0.15) is 17.1 Å². The van der Waals surface area contributed by atoms with Crippen LogP contribution in [-0.2, 0) is 13.1 Å². The van der Waals surface area contributed by atoms with Crippen LogP contribution < -0.4 is 5.32 Å². The maximum Gasteiger partial charge on any atom is 0.107 e. The van der Waals surface area contributed by atoms with Crippen LogP contribution in [0, 0.1) is 6.92 Å². The van der Waals surface area contributed by atoms with Crippen molar-refractivity contribution in [2.75, 3.05) is 6.54 Å². The Morgan fingerprint density at radius 3 is 3.12 bits per heavy atom. The fourth-order valence-corrected chi connectivity index (χ4v) is 2.23. The zero-order chi connectivity index (χ0) is 11.2. The monoisotopic (exact) mass is 236 g/mol. The first-order valence-electron chi connectivity index (χ1n) is 5.42. The molecule has 2 heterocycles. The van der Waals surface area contributed by atoms with Crippen molar-refractivity contribution in [2.24, 2.45) is 0 Å². The highest BCUT2D eigenvalue weighted by atomic mass is 32.1. The minimum absolute atomic E-state index is 0.877. The number of aromatic nitrogens is 3. The van der Waals surface area contributed by atoms with Gasteiger partial charge in [-0.1, -0.05) is 0 Å². The molecule has 0 aliphatic heterocycles. The van der Waals surface area contributed by atoms with E-state index in [1.807, 2.05) is 25.6 Å². The summed E-state index contributed by atoms with van der Waals surface area (Å²) in [4.78, 5) is 8.40. The van der Waals surface area contributed by atoms with Gasteiger partial charge in [-0.25, -0.2) is 9.97 Å². The summed E-state index contributed by atoms with van der Waals surface area (Å²) < 4.78 is 2.09. The first-order chi connectivity index (χ1) is 7.84. The van der Waals surface area contributed by atoms with Gasteiger partial charge in [-0.3, -0.25) is 0 Å². The van der Waals surface area contributed by atoms with Gasteiger partial charge in [0.25, 0.3) is 0 Å². The summed E-state index contributed by atoms with van der Waals surface area (Å²) in [5, 5.41) is 6.64. The molecule has 0 atom stereocenters. The van der Waals surface area contributed by atoms with Gasteiger partial charge in [0, 0.05) is 36.6 Å². The molecule has 0 aliphatic carbocycles. The van der Waals surface area contributed by atoms with Gasteiger partial charge in [0.05, 0.1) is 6.33 Å². The lowest BCUT2D eigenvalue weighted by atomic mass is 10.4. The number of aryl methyl sites for hydroxylation is 2. The topological polar surface area (TPSA) is 42.7 Å². The standard InChI is InChI=1S/C11H16N4S/c1-10-8-16-11(14-10)7-12-3-2-5-15-6-4-13-9-15/h4,6,8-9,12H,2-3,5,7H2,1H3. The van der Waals surface area contributed by atoms with E-state index in [9.17, 15) is 0 Å². The fourth-order valence-electron chi connectivity index (χ4n) is 1.48. The van der Waals surface area contributed by atoms with Gasteiger partial charge < -0.3 is 9.88 Å². The molecule has 2 rings (SSSR count). The second-order valence-corrected chi connectivity index (χ2v) is 4.66. The SMILES string of the molecule is Cc1csc(CNCCCn2ccnc2)n1. The lowest BCUT2D eigenvalue weighted by Gasteiger charge is -2.03. The van der Waals surface area contributed by atoms with E-state index in [2.05, 4.69) is 25.2 Å².